The molecule has 0 rings (SSSR count). The van der Waals surface area contributed by atoms with Gasteiger partial charge >= 0.3 is 5.97 Å². The van der Waals surface area contributed by atoms with E-state index in [9.17, 15) is 4.79 Å². The van der Waals surface area contributed by atoms with Gasteiger partial charge in [0.25, 0.3) is 0 Å². The summed E-state index contributed by atoms with van der Waals surface area (Å²) < 4.78 is 15.2. The molecule has 108 valence electrons. The third-order valence-corrected chi connectivity index (χ3v) is 2.63. The van der Waals surface area contributed by atoms with Crippen molar-refractivity contribution in [3.63, 3.8) is 0 Å². The van der Waals surface area contributed by atoms with Crippen LogP contribution in [0.15, 0.2) is 0 Å². The molecule has 5 heteroatoms. The van der Waals surface area contributed by atoms with E-state index in [1.807, 2.05) is 0 Å². The highest BCUT2D eigenvalue weighted by molar-refractivity contribution is 5.69. The Morgan fingerprint density at radius 3 is 2.61 bits per heavy atom. The highest BCUT2D eigenvalue weighted by atomic mass is 16.6. The zero-order valence-electron chi connectivity index (χ0n) is 11.7. The SMILES string of the molecule is COCCCOCCOC(=O)CCC(C)CCN. The Labute approximate surface area is 110 Å². The number of methoxy groups -OCH3 is 1. The number of ether oxygens (including phenoxy) is 3. The molecule has 0 aromatic carbocycles. The average molecular weight is 261 g/mol. The summed E-state index contributed by atoms with van der Waals surface area (Å²) in [6.45, 7) is 4.88. The van der Waals surface area contributed by atoms with E-state index >= 15 is 0 Å². The van der Waals surface area contributed by atoms with Crippen molar-refractivity contribution in [2.24, 2.45) is 11.7 Å². The smallest absolute Gasteiger partial charge is 0.305 e. The average Bonchev–Trinajstić information content (AvgIpc) is 2.35. The normalized spacial score (nSPS) is 12.4. The molecular formula is C13H27NO4. The number of carbonyl (C=O) groups excluding carboxylic acids is 1. The first-order chi connectivity index (χ1) is 8.70. The lowest BCUT2D eigenvalue weighted by atomic mass is 10.0. The molecule has 5 nitrogen and oxygen atoms in total. The molecule has 1 unspecified atom stereocenters. The van der Waals surface area contributed by atoms with Crippen LogP contribution >= 0.6 is 0 Å². The maximum Gasteiger partial charge on any atom is 0.305 e. The monoisotopic (exact) mass is 261 g/mol. The zero-order chi connectivity index (χ0) is 13.6. The predicted molar refractivity (Wildman–Crippen MR) is 70.3 cm³/mol. The second-order valence-corrected chi connectivity index (χ2v) is 4.40. The third-order valence-electron chi connectivity index (χ3n) is 2.63. The van der Waals surface area contributed by atoms with Crippen LogP contribution in [0.4, 0.5) is 0 Å². The molecule has 0 aliphatic heterocycles. The van der Waals surface area contributed by atoms with Gasteiger partial charge in [0.05, 0.1) is 6.61 Å². The summed E-state index contributed by atoms with van der Waals surface area (Å²) in [4.78, 5) is 11.4. The third kappa shape index (κ3) is 11.8. The summed E-state index contributed by atoms with van der Waals surface area (Å²) in [7, 11) is 1.66. The molecule has 0 aromatic heterocycles. The van der Waals surface area contributed by atoms with Crippen LogP contribution in [0.1, 0.15) is 32.6 Å². The number of carbonyl (C=O) groups is 1. The van der Waals surface area contributed by atoms with E-state index in [0.717, 1.165) is 19.3 Å². The lowest BCUT2D eigenvalue weighted by Crippen LogP contribution is -2.13. The molecule has 0 fully saturated rings. The fraction of sp³-hybridized carbons (Fsp3) is 0.923. The summed E-state index contributed by atoms with van der Waals surface area (Å²) in [6, 6.07) is 0. The van der Waals surface area contributed by atoms with Crippen molar-refractivity contribution in [2.45, 2.75) is 32.6 Å². The molecule has 0 bridgehead atoms. The van der Waals surface area contributed by atoms with Crippen LogP contribution < -0.4 is 5.73 Å². The van der Waals surface area contributed by atoms with Crippen LogP contribution in [-0.2, 0) is 19.0 Å². The van der Waals surface area contributed by atoms with E-state index in [4.69, 9.17) is 19.9 Å². The fourth-order valence-corrected chi connectivity index (χ4v) is 1.49. The van der Waals surface area contributed by atoms with Gasteiger partial charge in [-0.1, -0.05) is 6.92 Å². The van der Waals surface area contributed by atoms with Crippen molar-refractivity contribution in [1.82, 2.24) is 0 Å². The van der Waals surface area contributed by atoms with Gasteiger partial charge in [-0.05, 0) is 31.7 Å². The van der Waals surface area contributed by atoms with E-state index in [-0.39, 0.29) is 5.97 Å². The van der Waals surface area contributed by atoms with E-state index in [0.29, 0.717) is 45.3 Å². The summed E-state index contributed by atoms with van der Waals surface area (Å²) >= 11 is 0. The minimum atomic E-state index is -0.153. The number of nitrogens with two attached hydrogens (primary N) is 1. The number of rotatable bonds is 12. The lowest BCUT2D eigenvalue weighted by Gasteiger charge is -2.09. The number of hydrogen-bond acceptors (Lipinski definition) is 5. The first-order valence-electron chi connectivity index (χ1n) is 6.63. The molecule has 18 heavy (non-hydrogen) atoms. The van der Waals surface area contributed by atoms with E-state index in [1.54, 1.807) is 7.11 Å². The molecule has 2 N–H and O–H groups in total. The minimum Gasteiger partial charge on any atom is -0.463 e. The summed E-state index contributed by atoms with van der Waals surface area (Å²) in [5.41, 5.74) is 5.44. The molecule has 0 saturated carbocycles. The quantitative estimate of drug-likeness (QED) is 0.424. The molecule has 1 atom stereocenters. The second kappa shape index (κ2) is 12.8. The molecule has 0 aliphatic rings. The summed E-state index contributed by atoms with van der Waals surface area (Å²) in [5, 5.41) is 0. The number of hydrogen-bond donors (Lipinski definition) is 1. The molecule has 0 aromatic rings. The van der Waals surface area contributed by atoms with E-state index in [1.165, 1.54) is 0 Å². The number of esters is 1. The molecule has 0 spiro atoms. The van der Waals surface area contributed by atoms with Crippen molar-refractivity contribution in [2.75, 3.05) is 40.1 Å². The van der Waals surface area contributed by atoms with Gasteiger partial charge in [-0.15, -0.1) is 0 Å². The minimum absolute atomic E-state index is 0.153. The highest BCUT2D eigenvalue weighted by Crippen LogP contribution is 2.09. The Morgan fingerprint density at radius 2 is 1.94 bits per heavy atom. The molecule has 0 radical (unpaired) electrons. The maximum absolute atomic E-state index is 11.4. The standard InChI is InChI=1S/C13H27NO4/c1-12(6-7-14)4-5-13(15)18-11-10-17-9-3-8-16-2/h12H,3-11,14H2,1-2H3. The van der Waals surface area contributed by atoms with Crippen LogP contribution in [0.5, 0.6) is 0 Å². The largest absolute Gasteiger partial charge is 0.463 e. The van der Waals surface area contributed by atoms with Crippen molar-refractivity contribution in [3.05, 3.63) is 0 Å². The van der Waals surface area contributed by atoms with Crippen molar-refractivity contribution < 1.29 is 19.0 Å². The van der Waals surface area contributed by atoms with E-state index in [2.05, 4.69) is 6.92 Å². The summed E-state index contributed by atoms with van der Waals surface area (Å²) in [6.07, 6.45) is 3.12. The van der Waals surface area contributed by atoms with Crippen LogP contribution in [0, 0.1) is 5.92 Å². The highest BCUT2D eigenvalue weighted by Gasteiger charge is 2.07. The second-order valence-electron chi connectivity index (χ2n) is 4.40. The Morgan fingerprint density at radius 1 is 1.17 bits per heavy atom. The fourth-order valence-electron chi connectivity index (χ4n) is 1.49. The molecular weight excluding hydrogens is 234 g/mol. The predicted octanol–water partition coefficient (Wildman–Crippen LogP) is 1.35. The first-order valence-corrected chi connectivity index (χ1v) is 6.63. The van der Waals surface area contributed by atoms with Crippen LogP contribution in [0.3, 0.4) is 0 Å². The van der Waals surface area contributed by atoms with Gasteiger partial charge in [-0.3, -0.25) is 4.79 Å². The van der Waals surface area contributed by atoms with Crippen molar-refractivity contribution >= 4 is 5.97 Å². The van der Waals surface area contributed by atoms with Gasteiger partial charge in [-0.2, -0.15) is 0 Å². The van der Waals surface area contributed by atoms with Gasteiger partial charge < -0.3 is 19.9 Å². The molecule has 0 heterocycles. The van der Waals surface area contributed by atoms with Crippen LogP contribution in [0.2, 0.25) is 0 Å². The van der Waals surface area contributed by atoms with Gasteiger partial charge in [-0.25, -0.2) is 0 Å². The Balaban J connectivity index is 3.26. The van der Waals surface area contributed by atoms with Gasteiger partial charge in [0.15, 0.2) is 0 Å². The first kappa shape index (κ1) is 17.4. The lowest BCUT2D eigenvalue weighted by molar-refractivity contribution is -0.145. The zero-order valence-corrected chi connectivity index (χ0v) is 11.7. The van der Waals surface area contributed by atoms with Crippen LogP contribution in [-0.4, -0.2) is 46.1 Å². The maximum atomic E-state index is 11.4. The van der Waals surface area contributed by atoms with Gasteiger partial charge in [0.2, 0.25) is 0 Å². The molecule has 0 aliphatic carbocycles. The molecule has 0 amide bonds. The Bertz CT molecular complexity index is 199. The van der Waals surface area contributed by atoms with Gasteiger partial charge in [0.1, 0.15) is 6.61 Å². The molecule has 0 saturated heterocycles. The van der Waals surface area contributed by atoms with Crippen molar-refractivity contribution in [3.8, 4) is 0 Å². The van der Waals surface area contributed by atoms with Gasteiger partial charge in [0, 0.05) is 26.7 Å². The summed E-state index contributed by atoms with van der Waals surface area (Å²) in [5.74, 6) is 0.326. The Kier molecular flexibility index (Phi) is 12.3. The van der Waals surface area contributed by atoms with Crippen LogP contribution in [0.25, 0.3) is 0 Å². The van der Waals surface area contributed by atoms with E-state index < -0.39 is 0 Å². The van der Waals surface area contributed by atoms with Crippen molar-refractivity contribution in [1.29, 1.82) is 0 Å². The topological polar surface area (TPSA) is 70.8 Å². The Hall–Kier alpha value is -0.650.